The van der Waals surface area contributed by atoms with Crippen molar-refractivity contribution in [2.24, 2.45) is 0 Å². The Morgan fingerprint density at radius 1 is 1.29 bits per heavy atom. The zero-order chi connectivity index (χ0) is 10.1. The second-order valence-corrected chi connectivity index (χ2v) is 4.00. The van der Waals surface area contributed by atoms with Gasteiger partial charge in [0.2, 0.25) is 0 Å². The monoisotopic (exact) mass is 211 g/mol. The van der Waals surface area contributed by atoms with Crippen LogP contribution >= 0.6 is 11.8 Å². The Kier molecular flexibility index (Phi) is 6.49. The maximum Gasteiger partial charge on any atom is 0.0933 e. The Balaban J connectivity index is 1.99. The minimum atomic E-state index is 0.639. The molecule has 0 heterocycles. The zero-order valence-electron chi connectivity index (χ0n) is 8.53. The number of hydrogen-bond donors (Lipinski definition) is 1. The summed E-state index contributed by atoms with van der Waals surface area (Å²) >= 11 is 1.86. The summed E-state index contributed by atoms with van der Waals surface area (Å²) in [4.78, 5) is 5.31. The smallest absolute Gasteiger partial charge is 0.0933 e. The zero-order valence-corrected chi connectivity index (χ0v) is 9.35. The van der Waals surface area contributed by atoms with E-state index in [4.69, 9.17) is 4.84 Å². The van der Waals surface area contributed by atoms with Gasteiger partial charge in [-0.1, -0.05) is 30.3 Å². The molecule has 0 aliphatic carbocycles. The maximum atomic E-state index is 5.31. The van der Waals surface area contributed by atoms with E-state index in [9.17, 15) is 0 Å². The molecule has 3 heteroatoms. The highest BCUT2D eigenvalue weighted by molar-refractivity contribution is 7.98. The third-order valence-electron chi connectivity index (χ3n) is 1.81. The van der Waals surface area contributed by atoms with Gasteiger partial charge in [0.25, 0.3) is 0 Å². The van der Waals surface area contributed by atoms with Crippen LogP contribution in [0.4, 0.5) is 0 Å². The van der Waals surface area contributed by atoms with Crippen molar-refractivity contribution in [2.45, 2.75) is 13.0 Å². The van der Waals surface area contributed by atoms with Gasteiger partial charge in [-0.3, -0.25) is 4.84 Å². The molecular weight excluding hydrogens is 194 g/mol. The van der Waals surface area contributed by atoms with Crippen LogP contribution in [0.25, 0.3) is 0 Å². The van der Waals surface area contributed by atoms with Crippen LogP contribution in [0.5, 0.6) is 0 Å². The van der Waals surface area contributed by atoms with Crippen LogP contribution < -0.4 is 5.48 Å². The van der Waals surface area contributed by atoms with Crippen LogP contribution in [0, 0.1) is 0 Å². The fraction of sp³-hybridized carbons (Fsp3) is 0.455. The van der Waals surface area contributed by atoms with Gasteiger partial charge in [0.15, 0.2) is 0 Å². The van der Waals surface area contributed by atoms with E-state index in [1.54, 1.807) is 0 Å². The lowest BCUT2D eigenvalue weighted by molar-refractivity contribution is 0.0284. The van der Waals surface area contributed by atoms with E-state index < -0.39 is 0 Å². The van der Waals surface area contributed by atoms with Gasteiger partial charge < -0.3 is 0 Å². The number of hydroxylamine groups is 1. The van der Waals surface area contributed by atoms with Crippen molar-refractivity contribution in [3.8, 4) is 0 Å². The highest BCUT2D eigenvalue weighted by Gasteiger charge is 1.90. The van der Waals surface area contributed by atoms with Crippen molar-refractivity contribution >= 4 is 11.8 Å². The molecule has 0 fully saturated rings. The van der Waals surface area contributed by atoms with Gasteiger partial charge in [0, 0.05) is 6.54 Å². The number of hydrogen-bond acceptors (Lipinski definition) is 3. The average Bonchev–Trinajstić information content (AvgIpc) is 2.25. The number of benzene rings is 1. The van der Waals surface area contributed by atoms with Gasteiger partial charge in [-0.25, -0.2) is 5.48 Å². The summed E-state index contributed by atoms with van der Waals surface area (Å²) in [5.74, 6) is 1.18. The van der Waals surface area contributed by atoms with Crippen LogP contribution in [-0.2, 0) is 11.4 Å². The van der Waals surface area contributed by atoms with E-state index in [1.165, 1.54) is 11.3 Å². The minimum Gasteiger partial charge on any atom is -0.297 e. The molecule has 0 aliphatic rings. The molecule has 0 radical (unpaired) electrons. The molecule has 0 saturated heterocycles. The lowest BCUT2D eigenvalue weighted by Gasteiger charge is -2.04. The SMILES string of the molecule is CSCCCNOCc1ccccc1. The van der Waals surface area contributed by atoms with Crippen molar-refractivity contribution in [3.63, 3.8) is 0 Å². The molecule has 0 saturated carbocycles. The lowest BCUT2D eigenvalue weighted by Crippen LogP contribution is -2.16. The number of thioether (sulfide) groups is 1. The molecule has 1 rings (SSSR count). The van der Waals surface area contributed by atoms with Gasteiger partial charge in [0.1, 0.15) is 0 Å². The predicted octanol–water partition coefficient (Wildman–Crippen LogP) is 2.46. The third kappa shape index (κ3) is 5.27. The topological polar surface area (TPSA) is 21.3 Å². The normalized spacial score (nSPS) is 10.4. The molecule has 0 bridgehead atoms. The molecule has 1 N–H and O–H groups in total. The lowest BCUT2D eigenvalue weighted by atomic mass is 10.2. The van der Waals surface area contributed by atoms with Crippen molar-refractivity contribution in [1.29, 1.82) is 0 Å². The van der Waals surface area contributed by atoms with E-state index in [1.807, 2.05) is 30.0 Å². The first kappa shape index (κ1) is 11.6. The highest BCUT2D eigenvalue weighted by Crippen LogP contribution is 1.99. The van der Waals surface area contributed by atoms with Crippen molar-refractivity contribution in [2.75, 3.05) is 18.6 Å². The fourth-order valence-electron chi connectivity index (χ4n) is 1.07. The summed E-state index contributed by atoms with van der Waals surface area (Å²) in [6.07, 6.45) is 3.26. The van der Waals surface area contributed by atoms with Gasteiger partial charge in [-0.05, 0) is 24.0 Å². The number of nitrogens with one attached hydrogen (secondary N) is 1. The predicted molar refractivity (Wildman–Crippen MR) is 62.2 cm³/mol. The molecule has 2 nitrogen and oxygen atoms in total. The van der Waals surface area contributed by atoms with Gasteiger partial charge >= 0.3 is 0 Å². The molecule has 14 heavy (non-hydrogen) atoms. The average molecular weight is 211 g/mol. The standard InChI is InChI=1S/C11H17NOS/c1-14-9-5-8-12-13-10-11-6-3-2-4-7-11/h2-4,6-7,12H,5,8-10H2,1H3. The maximum absolute atomic E-state index is 5.31. The summed E-state index contributed by atoms with van der Waals surface area (Å²) in [5, 5.41) is 0. The molecule has 0 unspecified atom stereocenters. The van der Waals surface area contributed by atoms with Crippen LogP contribution in [0.1, 0.15) is 12.0 Å². The summed E-state index contributed by atoms with van der Waals surface area (Å²) in [6, 6.07) is 10.2. The van der Waals surface area contributed by atoms with Crippen molar-refractivity contribution in [1.82, 2.24) is 5.48 Å². The Morgan fingerprint density at radius 2 is 2.07 bits per heavy atom. The van der Waals surface area contributed by atoms with E-state index in [0.29, 0.717) is 6.61 Å². The van der Waals surface area contributed by atoms with Crippen molar-refractivity contribution < 1.29 is 4.84 Å². The van der Waals surface area contributed by atoms with E-state index >= 15 is 0 Å². The fourth-order valence-corrected chi connectivity index (χ4v) is 1.50. The molecule has 0 aliphatic heterocycles. The largest absolute Gasteiger partial charge is 0.297 e. The second kappa shape index (κ2) is 7.85. The highest BCUT2D eigenvalue weighted by atomic mass is 32.2. The summed E-state index contributed by atoms with van der Waals surface area (Å²) in [5.41, 5.74) is 4.15. The van der Waals surface area contributed by atoms with Crippen LogP contribution in [0.2, 0.25) is 0 Å². The Hall–Kier alpha value is -0.510. The quantitative estimate of drug-likeness (QED) is 0.553. The molecule has 0 amide bonds. The van der Waals surface area contributed by atoms with Gasteiger partial charge in [0.05, 0.1) is 6.61 Å². The first-order valence-corrected chi connectivity index (χ1v) is 6.20. The van der Waals surface area contributed by atoms with E-state index in [0.717, 1.165) is 13.0 Å². The second-order valence-electron chi connectivity index (χ2n) is 3.01. The van der Waals surface area contributed by atoms with Crippen LogP contribution in [0.15, 0.2) is 30.3 Å². The Bertz CT molecular complexity index is 228. The van der Waals surface area contributed by atoms with Crippen molar-refractivity contribution in [3.05, 3.63) is 35.9 Å². The molecule has 0 aromatic heterocycles. The Labute approximate surface area is 90.0 Å². The first-order chi connectivity index (χ1) is 6.93. The Morgan fingerprint density at radius 3 is 2.79 bits per heavy atom. The summed E-state index contributed by atoms with van der Waals surface area (Å²) in [7, 11) is 0. The third-order valence-corrected chi connectivity index (χ3v) is 2.51. The number of rotatable bonds is 7. The minimum absolute atomic E-state index is 0.639. The van der Waals surface area contributed by atoms with Gasteiger partial charge in [-0.2, -0.15) is 11.8 Å². The van der Waals surface area contributed by atoms with Crippen LogP contribution in [0.3, 0.4) is 0 Å². The van der Waals surface area contributed by atoms with E-state index in [-0.39, 0.29) is 0 Å². The van der Waals surface area contributed by atoms with E-state index in [2.05, 4.69) is 23.9 Å². The molecule has 1 aromatic rings. The molecule has 1 aromatic carbocycles. The van der Waals surface area contributed by atoms with Crippen LogP contribution in [-0.4, -0.2) is 18.6 Å². The molecule has 0 atom stereocenters. The molecule has 78 valence electrons. The molecule has 0 spiro atoms. The summed E-state index contributed by atoms with van der Waals surface area (Å²) in [6.45, 7) is 1.56. The first-order valence-electron chi connectivity index (χ1n) is 4.81. The van der Waals surface area contributed by atoms with Gasteiger partial charge in [-0.15, -0.1) is 0 Å². The summed E-state index contributed by atoms with van der Waals surface area (Å²) < 4.78 is 0. The molecular formula is C11H17NOS.